The maximum absolute atomic E-state index is 12.9. The molecule has 2 aromatic carbocycles. The number of pyridine rings is 1. The predicted molar refractivity (Wildman–Crippen MR) is 123 cm³/mol. The Balaban J connectivity index is 1.42. The number of aryl methyl sites for hydroxylation is 1. The molecule has 160 valence electrons. The molecular weight excluding hydrogens is 435 g/mol. The van der Waals surface area contributed by atoms with Gasteiger partial charge in [-0.3, -0.25) is 9.59 Å². The van der Waals surface area contributed by atoms with Crippen LogP contribution in [0.3, 0.4) is 0 Å². The van der Waals surface area contributed by atoms with Gasteiger partial charge in [-0.15, -0.1) is 0 Å². The lowest BCUT2D eigenvalue weighted by Crippen LogP contribution is -2.31. The molecule has 1 fully saturated rings. The van der Waals surface area contributed by atoms with Crippen molar-refractivity contribution in [2.24, 2.45) is 7.05 Å². The van der Waals surface area contributed by atoms with Crippen LogP contribution < -0.4 is 10.3 Å². The fraction of sp³-hybridized carbons (Fsp3) is 0.250. The summed E-state index contributed by atoms with van der Waals surface area (Å²) in [6.07, 6.45) is 0.590. The largest absolute Gasteiger partial charge is 0.488 e. The zero-order valence-corrected chi connectivity index (χ0v) is 18.8. The monoisotopic (exact) mass is 456 g/mol. The highest BCUT2D eigenvalue weighted by Crippen LogP contribution is 2.29. The summed E-state index contributed by atoms with van der Waals surface area (Å²) in [5.74, 6) is 0.512. The Morgan fingerprint density at radius 2 is 1.71 bits per heavy atom. The van der Waals surface area contributed by atoms with Gasteiger partial charge in [0.2, 0.25) is 0 Å². The van der Waals surface area contributed by atoms with E-state index in [4.69, 9.17) is 27.9 Å². The summed E-state index contributed by atoms with van der Waals surface area (Å²) in [5.41, 5.74) is 3.23. The highest BCUT2D eigenvalue weighted by atomic mass is 35.5. The quantitative estimate of drug-likeness (QED) is 0.557. The molecule has 0 radical (unpaired) electrons. The molecule has 1 saturated heterocycles. The molecule has 1 aliphatic heterocycles. The lowest BCUT2D eigenvalue weighted by Gasteiger charge is -2.18. The third kappa shape index (κ3) is 4.63. The Labute approximate surface area is 190 Å². The van der Waals surface area contributed by atoms with Gasteiger partial charge in [0.05, 0.1) is 16.6 Å². The number of aromatic nitrogens is 1. The van der Waals surface area contributed by atoms with Gasteiger partial charge in [0.1, 0.15) is 11.9 Å². The van der Waals surface area contributed by atoms with Crippen LogP contribution in [0.15, 0.2) is 59.4 Å². The molecule has 1 atom stereocenters. The number of nitrogens with zero attached hydrogens (tertiary/aromatic N) is 2. The first-order valence-electron chi connectivity index (χ1n) is 10.0. The summed E-state index contributed by atoms with van der Waals surface area (Å²) in [7, 11) is 1.73. The summed E-state index contributed by atoms with van der Waals surface area (Å²) in [5, 5.41) is 1.00. The van der Waals surface area contributed by atoms with Crippen molar-refractivity contribution in [3.63, 3.8) is 0 Å². The molecule has 0 aliphatic carbocycles. The Kier molecular flexibility index (Phi) is 6.08. The molecule has 7 heteroatoms. The van der Waals surface area contributed by atoms with E-state index in [1.165, 1.54) is 6.07 Å². The number of ether oxygens (including phenoxy) is 1. The van der Waals surface area contributed by atoms with E-state index in [0.29, 0.717) is 34.4 Å². The van der Waals surface area contributed by atoms with Crippen molar-refractivity contribution in [2.75, 3.05) is 13.1 Å². The van der Waals surface area contributed by atoms with E-state index in [0.717, 1.165) is 23.2 Å². The van der Waals surface area contributed by atoms with Gasteiger partial charge in [0, 0.05) is 37.3 Å². The number of hydrogen-bond acceptors (Lipinski definition) is 3. The molecule has 0 saturated carbocycles. The van der Waals surface area contributed by atoms with E-state index in [-0.39, 0.29) is 17.6 Å². The number of halogens is 2. The zero-order chi connectivity index (χ0) is 22.1. The van der Waals surface area contributed by atoms with Gasteiger partial charge in [-0.25, -0.2) is 0 Å². The lowest BCUT2D eigenvalue weighted by molar-refractivity contribution is 0.0772. The Morgan fingerprint density at radius 1 is 1.00 bits per heavy atom. The minimum absolute atomic E-state index is 0.0352. The highest BCUT2D eigenvalue weighted by Gasteiger charge is 2.28. The van der Waals surface area contributed by atoms with Crippen LogP contribution in [-0.4, -0.2) is 34.6 Å². The summed E-state index contributed by atoms with van der Waals surface area (Å²) in [6, 6.07) is 16.2. The second kappa shape index (κ2) is 8.77. The summed E-state index contributed by atoms with van der Waals surface area (Å²) in [4.78, 5) is 26.7. The Bertz CT molecular complexity index is 1190. The van der Waals surface area contributed by atoms with Crippen LogP contribution in [-0.2, 0) is 7.05 Å². The standard InChI is InChI=1S/C24H22Cl2N2O3/c1-15-11-20(13-23(29)27(15)2)31-19-9-10-28(14-19)24(30)17-5-3-16(4-6-17)18-7-8-21(25)22(26)12-18/h3-8,11-13,19H,9-10,14H2,1-2H3. The molecule has 0 N–H and O–H groups in total. The van der Waals surface area contributed by atoms with Gasteiger partial charge in [-0.05, 0) is 48.4 Å². The Hall–Kier alpha value is -2.76. The smallest absolute Gasteiger partial charge is 0.254 e. The van der Waals surface area contributed by atoms with E-state index in [2.05, 4.69) is 0 Å². The van der Waals surface area contributed by atoms with E-state index in [1.54, 1.807) is 22.6 Å². The molecule has 5 nitrogen and oxygen atoms in total. The lowest BCUT2D eigenvalue weighted by atomic mass is 10.0. The molecule has 1 aromatic heterocycles. The van der Waals surface area contributed by atoms with Gasteiger partial charge >= 0.3 is 0 Å². The van der Waals surface area contributed by atoms with E-state index in [1.807, 2.05) is 49.4 Å². The van der Waals surface area contributed by atoms with Crippen molar-refractivity contribution in [1.82, 2.24) is 9.47 Å². The van der Waals surface area contributed by atoms with Crippen molar-refractivity contribution in [1.29, 1.82) is 0 Å². The van der Waals surface area contributed by atoms with Crippen molar-refractivity contribution in [2.45, 2.75) is 19.4 Å². The second-order valence-corrected chi connectivity index (χ2v) is 8.53. The van der Waals surface area contributed by atoms with E-state index < -0.39 is 0 Å². The number of likely N-dealkylation sites (tertiary alicyclic amines) is 1. The normalized spacial score (nSPS) is 15.9. The third-order valence-electron chi connectivity index (χ3n) is 5.60. The van der Waals surface area contributed by atoms with E-state index in [9.17, 15) is 9.59 Å². The first-order valence-corrected chi connectivity index (χ1v) is 10.8. The predicted octanol–water partition coefficient (Wildman–Crippen LogP) is 4.96. The van der Waals surface area contributed by atoms with Crippen LogP contribution in [0.1, 0.15) is 22.5 Å². The van der Waals surface area contributed by atoms with Crippen molar-refractivity contribution < 1.29 is 9.53 Å². The van der Waals surface area contributed by atoms with E-state index >= 15 is 0 Å². The van der Waals surface area contributed by atoms with Gasteiger partial charge in [-0.1, -0.05) is 41.4 Å². The number of amides is 1. The third-order valence-corrected chi connectivity index (χ3v) is 6.34. The number of carbonyl (C=O) groups is 1. The van der Waals surface area contributed by atoms with Crippen molar-refractivity contribution in [3.8, 4) is 16.9 Å². The fourth-order valence-corrected chi connectivity index (χ4v) is 3.97. The second-order valence-electron chi connectivity index (χ2n) is 7.72. The van der Waals surface area contributed by atoms with Crippen LogP contribution >= 0.6 is 23.2 Å². The molecule has 2 heterocycles. The first-order chi connectivity index (χ1) is 14.8. The summed E-state index contributed by atoms with van der Waals surface area (Å²) >= 11 is 12.1. The van der Waals surface area contributed by atoms with Gasteiger partial charge in [0.15, 0.2) is 0 Å². The minimum atomic E-state index is -0.133. The van der Waals surface area contributed by atoms with Gasteiger partial charge < -0.3 is 14.2 Å². The van der Waals surface area contributed by atoms with Crippen LogP contribution in [0.25, 0.3) is 11.1 Å². The van der Waals surface area contributed by atoms with Crippen LogP contribution in [0.2, 0.25) is 10.0 Å². The average Bonchev–Trinajstić information content (AvgIpc) is 3.22. The topological polar surface area (TPSA) is 51.5 Å². The first kappa shape index (κ1) is 21.5. The Morgan fingerprint density at radius 3 is 2.39 bits per heavy atom. The van der Waals surface area contributed by atoms with Crippen LogP contribution in [0.4, 0.5) is 0 Å². The maximum Gasteiger partial charge on any atom is 0.254 e. The molecule has 3 aromatic rings. The van der Waals surface area contributed by atoms with Crippen LogP contribution in [0.5, 0.6) is 5.75 Å². The molecule has 4 rings (SSSR count). The highest BCUT2D eigenvalue weighted by molar-refractivity contribution is 6.42. The average molecular weight is 457 g/mol. The SMILES string of the molecule is Cc1cc(OC2CCN(C(=O)c3ccc(-c4ccc(Cl)c(Cl)c4)cc3)C2)cc(=O)n1C. The van der Waals surface area contributed by atoms with Crippen molar-refractivity contribution >= 4 is 29.1 Å². The molecule has 0 spiro atoms. The van der Waals surface area contributed by atoms with Crippen LogP contribution in [0, 0.1) is 6.92 Å². The zero-order valence-electron chi connectivity index (χ0n) is 17.3. The molecule has 0 bridgehead atoms. The molecule has 31 heavy (non-hydrogen) atoms. The number of carbonyl (C=O) groups excluding carboxylic acids is 1. The van der Waals surface area contributed by atoms with Gasteiger partial charge in [0.25, 0.3) is 11.5 Å². The number of benzene rings is 2. The maximum atomic E-state index is 12.9. The molecule has 1 aliphatic rings. The van der Waals surface area contributed by atoms with Gasteiger partial charge in [-0.2, -0.15) is 0 Å². The van der Waals surface area contributed by atoms with Crippen molar-refractivity contribution in [3.05, 3.63) is 86.3 Å². The fourth-order valence-electron chi connectivity index (χ4n) is 3.67. The number of rotatable bonds is 4. The summed E-state index contributed by atoms with van der Waals surface area (Å²) in [6.45, 7) is 2.96. The summed E-state index contributed by atoms with van der Waals surface area (Å²) < 4.78 is 7.54. The number of hydrogen-bond donors (Lipinski definition) is 0. The minimum Gasteiger partial charge on any atom is -0.488 e. The molecular formula is C24H22Cl2N2O3. The molecule has 1 unspecified atom stereocenters. The molecule has 1 amide bonds.